The third kappa shape index (κ3) is 6.76. The summed E-state index contributed by atoms with van der Waals surface area (Å²) < 4.78 is 28.0. The van der Waals surface area contributed by atoms with Gasteiger partial charge in [0.2, 0.25) is 5.88 Å². The number of ether oxygens (including phenoxy) is 2. The number of benzene rings is 4. The first-order valence-corrected chi connectivity index (χ1v) is 14.1. The number of pyridine rings is 1. The quantitative estimate of drug-likeness (QED) is 0.105. The Labute approximate surface area is 258 Å². The number of aliphatic hydroxyl groups excluding tert-OH is 1. The standard InChI is InChI=1S/C35H28FN4O5/c1-44-29-9-5-8-24(19-29)32-21-39(15-14-37-32)22-33(41)30-20-27(36)10-13-34(30)45-35-26(16-23-6-3-2-4-7-23)17-25-18-28(40(42)43)11-12-31(25)38-35/h2-15,17-21,33,41H,16,22H2,1H3/q+1. The molecule has 224 valence electrons. The molecule has 0 spiro atoms. The summed E-state index contributed by atoms with van der Waals surface area (Å²) >= 11 is 0. The summed E-state index contributed by atoms with van der Waals surface area (Å²) in [4.78, 5) is 20.1. The van der Waals surface area contributed by atoms with Crippen LogP contribution in [0.3, 0.4) is 0 Å². The maximum atomic E-state index is 14.6. The van der Waals surface area contributed by atoms with Crippen molar-refractivity contribution in [3.8, 4) is 28.6 Å². The van der Waals surface area contributed by atoms with Crippen LogP contribution in [0.5, 0.6) is 17.4 Å². The number of nitrogens with zero attached hydrogens (tertiary/aromatic N) is 4. The van der Waals surface area contributed by atoms with Crippen molar-refractivity contribution in [3.05, 3.63) is 148 Å². The number of halogens is 1. The number of nitro benzene ring substituents is 1. The Morgan fingerprint density at radius 1 is 1.00 bits per heavy atom. The summed E-state index contributed by atoms with van der Waals surface area (Å²) in [7, 11) is 1.59. The third-order valence-electron chi connectivity index (χ3n) is 7.33. The molecule has 1 N–H and O–H groups in total. The van der Waals surface area contributed by atoms with E-state index in [1.807, 2.05) is 60.7 Å². The number of fused-ring (bicyclic) bond motifs is 1. The second-order valence-corrected chi connectivity index (χ2v) is 10.4. The van der Waals surface area contributed by atoms with Crippen molar-refractivity contribution in [2.24, 2.45) is 0 Å². The predicted molar refractivity (Wildman–Crippen MR) is 165 cm³/mol. The molecule has 2 aromatic heterocycles. The summed E-state index contributed by atoms with van der Waals surface area (Å²) in [5.74, 6) is 0.640. The SMILES string of the molecule is COc1cccc(-c2c[n+](CC(O)c3cc(F)ccc3Oc3nc4ccc([N+](=O)[O-])cc4cc3Cc3ccccc3)ccn2)c1. The first-order chi connectivity index (χ1) is 21.9. The van der Waals surface area contributed by atoms with Gasteiger partial charge in [0.1, 0.15) is 29.1 Å². The number of non-ortho nitro benzene ring substituents is 1. The Morgan fingerprint density at radius 2 is 1.84 bits per heavy atom. The van der Waals surface area contributed by atoms with Crippen molar-refractivity contribution in [1.29, 1.82) is 0 Å². The zero-order valence-electron chi connectivity index (χ0n) is 24.2. The van der Waals surface area contributed by atoms with Gasteiger partial charge in [-0.1, -0.05) is 42.5 Å². The lowest BCUT2D eigenvalue weighted by molar-refractivity contribution is -0.704. The van der Waals surface area contributed by atoms with Crippen molar-refractivity contribution in [1.82, 2.24) is 9.97 Å². The van der Waals surface area contributed by atoms with Crippen molar-refractivity contribution >= 4 is 16.6 Å². The van der Waals surface area contributed by atoms with E-state index >= 15 is 0 Å². The molecule has 2 heterocycles. The zero-order valence-corrected chi connectivity index (χ0v) is 24.2. The Balaban J connectivity index is 1.34. The Morgan fingerprint density at radius 3 is 2.64 bits per heavy atom. The number of rotatable bonds is 10. The summed E-state index contributed by atoms with van der Waals surface area (Å²) in [5, 5.41) is 23.4. The van der Waals surface area contributed by atoms with E-state index < -0.39 is 16.8 Å². The molecular weight excluding hydrogens is 575 g/mol. The molecule has 0 saturated carbocycles. The van der Waals surface area contributed by atoms with Crippen LogP contribution in [-0.4, -0.2) is 27.1 Å². The molecule has 0 radical (unpaired) electrons. The minimum Gasteiger partial charge on any atom is -0.497 e. The zero-order chi connectivity index (χ0) is 31.3. The Bertz CT molecular complexity index is 2000. The van der Waals surface area contributed by atoms with Crippen LogP contribution in [0.25, 0.3) is 22.2 Å². The molecule has 1 atom stereocenters. The molecule has 0 aliphatic carbocycles. The number of hydrogen-bond acceptors (Lipinski definition) is 7. The lowest BCUT2D eigenvalue weighted by Gasteiger charge is -2.17. The highest BCUT2D eigenvalue weighted by molar-refractivity contribution is 5.82. The van der Waals surface area contributed by atoms with E-state index in [9.17, 15) is 19.6 Å². The largest absolute Gasteiger partial charge is 0.497 e. The Hall–Kier alpha value is -5.74. The van der Waals surface area contributed by atoms with E-state index in [0.29, 0.717) is 34.3 Å². The van der Waals surface area contributed by atoms with E-state index in [0.717, 1.165) is 11.1 Å². The second kappa shape index (κ2) is 12.9. The van der Waals surface area contributed by atoms with Crippen molar-refractivity contribution in [2.45, 2.75) is 19.1 Å². The monoisotopic (exact) mass is 603 g/mol. The summed E-state index contributed by atoms with van der Waals surface area (Å²) in [5.41, 5.74) is 3.85. The summed E-state index contributed by atoms with van der Waals surface area (Å²) in [6.45, 7) is 0.0883. The van der Waals surface area contributed by atoms with Crippen LogP contribution in [0.15, 0.2) is 116 Å². The molecule has 0 amide bonds. The molecule has 4 aromatic carbocycles. The van der Waals surface area contributed by atoms with Gasteiger partial charge in [-0.05, 0) is 48.0 Å². The van der Waals surface area contributed by atoms with Gasteiger partial charge >= 0.3 is 0 Å². The highest BCUT2D eigenvalue weighted by Gasteiger charge is 2.22. The third-order valence-corrected chi connectivity index (χ3v) is 7.33. The lowest BCUT2D eigenvalue weighted by Crippen LogP contribution is -2.36. The maximum absolute atomic E-state index is 14.6. The topological polar surface area (TPSA) is 111 Å². The number of nitro groups is 1. The highest BCUT2D eigenvalue weighted by atomic mass is 19.1. The van der Waals surface area contributed by atoms with Crippen LogP contribution in [0.1, 0.15) is 22.8 Å². The first kappa shape index (κ1) is 29.3. The van der Waals surface area contributed by atoms with Gasteiger partial charge in [0, 0.05) is 40.6 Å². The van der Waals surface area contributed by atoms with Gasteiger partial charge in [0.05, 0.1) is 23.7 Å². The highest BCUT2D eigenvalue weighted by Crippen LogP contribution is 2.34. The normalized spacial score (nSPS) is 11.7. The van der Waals surface area contributed by atoms with Gasteiger partial charge in [-0.15, -0.1) is 0 Å². The van der Waals surface area contributed by atoms with Crippen LogP contribution in [0, 0.1) is 15.9 Å². The van der Waals surface area contributed by atoms with Crippen LogP contribution in [0.2, 0.25) is 0 Å². The van der Waals surface area contributed by atoms with Crippen LogP contribution in [-0.2, 0) is 13.0 Å². The van der Waals surface area contributed by atoms with Gasteiger partial charge in [0.25, 0.3) is 5.69 Å². The summed E-state index contributed by atoms with van der Waals surface area (Å²) in [6, 6.07) is 27.3. The smallest absolute Gasteiger partial charge is 0.270 e. The molecule has 0 fully saturated rings. The van der Waals surface area contributed by atoms with Gasteiger partial charge in [-0.2, -0.15) is 4.57 Å². The van der Waals surface area contributed by atoms with Gasteiger partial charge in [-0.25, -0.2) is 14.4 Å². The van der Waals surface area contributed by atoms with Crippen LogP contribution >= 0.6 is 0 Å². The molecule has 0 saturated heterocycles. The number of methoxy groups -OCH3 is 1. The van der Waals surface area contributed by atoms with Crippen LogP contribution < -0.4 is 14.0 Å². The minimum absolute atomic E-state index is 0.0456. The first-order valence-electron chi connectivity index (χ1n) is 14.1. The fourth-order valence-electron chi connectivity index (χ4n) is 5.09. The van der Waals surface area contributed by atoms with Crippen molar-refractivity contribution in [2.75, 3.05) is 7.11 Å². The number of hydrogen-bond donors (Lipinski definition) is 1. The van der Waals surface area contributed by atoms with E-state index in [2.05, 4.69) is 9.97 Å². The fourth-order valence-corrected chi connectivity index (χ4v) is 5.09. The van der Waals surface area contributed by atoms with Gasteiger partial charge in [-0.3, -0.25) is 10.1 Å². The number of aromatic nitrogens is 3. The van der Waals surface area contributed by atoms with Gasteiger partial charge < -0.3 is 14.6 Å². The molecule has 0 aliphatic heterocycles. The van der Waals surface area contributed by atoms with Crippen molar-refractivity contribution in [3.63, 3.8) is 0 Å². The van der Waals surface area contributed by atoms with E-state index in [1.165, 1.54) is 30.3 Å². The molecular formula is C35H28FN4O5+. The number of aliphatic hydroxyl groups is 1. The molecule has 0 bridgehead atoms. The average molecular weight is 604 g/mol. The minimum atomic E-state index is -1.15. The van der Waals surface area contributed by atoms with E-state index in [4.69, 9.17) is 9.47 Å². The van der Waals surface area contributed by atoms with E-state index in [1.54, 1.807) is 36.3 Å². The van der Waals surface area contributed by atoms with E-state index in [-0.39, 0.29) is 29.4 Å². The fraction of sp³-hybridized carbons (Fsp3) is 0.114. The molecule has 10 heteroatoms. The second-order valence-electron chi connectivity index (χ2n) is 10.4. The average Bonchev–Trinajstić information content (AvgIpc) is 3.06. The molecule has 45 heavy (non-hydrogen) atoms. The Kier molecular flexibility index (Phi) is 8.39. The van der Waals surface area contributed by atoms with Crippen LogP contribution in [0.4, 0.5) is 10.1 Å². The summed E-state index contributed by atoms with van der Waals surface area (Å²) in [6.07, 6.45) is 4.42. The molecule has 9 nitrogen and oxygen atoms in total. The van der Waals surface area contributed by atoms with Crippen molar-refractivity contribution < 1.29 is 28.5 Å². The lowest BCUT2D eigenvalue weighted by atomic mass is 10.0. The predicted octanol–water partition coefficient (Wildman–Crippen LogP) is 6.76. The molecule has 6 rings (SSSR count). The van der Waals surface area contributed by atoms with Gasteiger partial charge in [0.15, 0.2) is 18.9 Å². The molecule has 0 aliphatic rings. The molecule has 6 aromatic rings. The maximum Gasteiger partial charge on any atom is 0.270 e. The molecule has 1 unspecified atom stereocenters.